The number of fused-ring (bicyclic) bond motifs is 3. The van der Waals surface area contributed by atoms with Gasteiger partial charge in [0.2, 0.25) is 11.7 Å². The van der Waals surface area contributed by atoms with Crippen LogP contribution in [-0.2, 0) is 20.9 Å². The van der Waals surface area contributed by atoms with Crippen molar-refractivity contribution in [1.29, 1.82) is 0 Å². The van der Waals surface area contributed by atoms with Crippen LogP contribution in [0.3, 0.4) is 0 Å². The number of hydrogen-bond donors (Lipinski definition) is 3. The highest BCUT2D eigenvalue weighted by Crippen LogP contribution is 2.51. The van der Waals surface area contributed by atoms with Gasteiger partial charge in [-0.05, 0) is 24.3 Å². The Morgan fingerprint density at radius 1 is 1.27 bits per heavy atom. The molecule has 1 aromatic carbocycles. The summed E-state index contributed by atoms with van der Waals surface area (Å²) in [5, 5.41) is 23.3. The standard InChI is InChI=1S/C26H28N2O9/c1-3-19(31)26(34)28(11-14-4-7-36-13-14)18-10-17(25(33)27-5-6-29)21-16-8-15(12-30)9-20(35-2)23(16)37-24(21)22(18)32/h4,7-10,12-13,18,21-22,24,29,32H,3,5-6,11H2,1-2H3,(H,27,33). The molecule has 1 aromatic heterocycles. The molecular formula is C26H28N2O9. The zero-order valence-electron chi connectivity index (χ0n) is 20.4. The van der Waals surface area contributed by atoms with E-state index in [2.05, 4.69) is 5.32 Å². The molecule has 0 saturated carbocycles. The van der Waals surface area contributed by atoms with Gasteiger partial charge < -0.3 is 34.3 Å². The molecule has 4 unspecified atom stereocenters. The van der Waals surface area contributed by atoms with Crippen LogP contribution in [0.5, 0.6) is 11.5 Å². The number of benzene rings is 1. The summed E-state index contributed by atoms with van der Waals surface area (Å²) < 4.78 is 16.6. The number of ether oxygens (including phenoxy) is 2. The lowest BCUT2D eigenvalue weighted by molar-refractivity contribution is -0.148. The molecule has 196 valence electrons. The van der Waals surface area contributed by atoms with Gasteiger partial charge >= 0.3 is 0 Å². The van der Waals surface area contributed by atoms with E-state index in [1.165, 1.54) is 36.7 Å². The molecule has 4 rings (SSSR count). The van der Waals surface area contributed by atoms with Gasteiger partial charge in [0.15, 0.2) is 11.5 Å². The Bertz CT molecular complexity index is 1220. The third-order valence-corrected chi connectivity index (χ3v) is 6.52. The number of aliphatic hydroxyl groups is 2. The molecule has 4 atom stereocenters. The number of ketones is 1. The van der Waals surface area contributed by atoms with Gasteiger partial charge in [0.25, 0.3) is 5.91 Å². The molecule has 1 aliphatic carbocycles. The molecule has 1 aliphatic heterocycles. The fourth-order valence-corrected chi connectivity index (χ4v) is 4.76. The first-order chi connectivity index (χ1) is 17.8. The lowest BCUT2D eigenvalue weighted by Gasteiger charge is -2.40. The smallest absolute Gasteiger partial charge is 0.290 e. The van der Waals surface area contributed by atoms with Crippen molar-refractivity contribution in [2.24, 2.45) is 0 Å². The third-order valence-electron chi connectivity index (χ3n) is 6.52. The molecule has 0 radical (unpaired) electrons. The van der Waals surface area contributed by atoms with E-state index in [1.807, 2.05) is 0 Å². The number of Topliss-reactive ketones (excluding diaryl/α,β-unsaturated/α-hetero) is 1. The van der Waals surface area contributed by atoms with Crippen molar-refractivity contribution in [2.45, 2.75) is 44.1 Å². The summed E-state index contributed by atoms with van der Waals surface area (Å²) in [7, 11) is 1.40. The van der Waals surface area contributed by atoms with Crippen LogP contribution in [0.1, 0.15) is 40.7 Å². The zero-order valence-corrected chi connectivity index (χ0v) is 20.4. The number of carbonyl (C=O) groups is 4. The summed E-state index contributed by atoms with van der Waals surface area (Å²) in [6, 6.07) is 3.56. The summed E-state index contributed by atoms with van der Waals surface area (Å²) in [6.07, 6.45) is 2.48. The van der Waals surface area contributed by atoms with Crippen LogP contribution in [-0.4, -0.2) is 77.5 Å². The Hall–Kier alpha value is -3.96. The van der Waals surface area contributed by atoms with Gasteiger partial charge in [-0.1, -0.05) is 6.92 Å². The maximum Gasteiger partial charge on any atom is 0.290 e. The summed E-state index contributed by atoms with van der Waals surface area (Å²) in [5.41, 5.74) is 1.49. The molecule has 2 heterocycles. The molecule has 2 amide bonds. The van der Waals surface area contributed by atoms with Gasteiger partial charge in [-0.3, -0.25) is 19.2 Å². The van der Waals surface area contributed by atoms with E-state index in [4.69, 9.17) is 13.9 Å². The lowest BCUT2D eigenvalue weighted by atomic mass is 9.77. The van der Waals surface area contributed by atoms with Gasteiger partial charge in [-0.25, -0.2) is 0 Å². The zero-order chi connectivity index (χ0) is 26.7. The first kappa shape index (κ1) is 26.1. The maximum absolute atomic E-state index is 13.3. The van der Waals surface area contributed by atoms with Crippen molar-refractivity contribution in [3.63, 3.8) is 0 Å². The number of carbonyl (C=O) groups excluding carboxylic acids is 4. The first-order valence-corrected chi connectivity index (χ1v) is 11.8. The summed E-state index contributed by atoms with van der Waals surface area (Å²) in [4.78, 5) is 51.6. The van der Waals surface area contributed by atoms with Crippen LogP contribution in [0.4, 0.5) is 0 Å². The Morgan fingerprint density at radius 3 is 2.68 bits per heavy atom. The minimum Gasteiger partial charge on any atom is -0.493 e. The average molecular weight is 513 g/mol. The molecule has 0 bridgehead atoms. The van der Waals surface area contributed by atoms with Gasteiger partial charge in [0.1, 0.15) is 18.5 Å². The highest BCUT2D eigenvalue weighted by molar-refractivity contribution is 6.36. The second kappa shape index (κ2) is 11.0. The molecule has 0 spiro atoms. The highest BCUT2D eigenvalue weighted by atomic mass is 16.5. The molecule has 2 aromatic rings. The van der Waals surface area contributed by atoms with E-state index >= 15 is 0 Å². The molecule has 0 fully saturated rings. The number of nitrogens with one attached hydrogen (secondary N) is 1. The summed E-state index contributed by atoms with van der Waals surface area (Å²) >= 11 is 0. The van der Waals surface area contributed by atoms with E-state index in [0.29, 0.717) is 17.4 Å². The Kier molecular flexibility index (Phi) is 7.74. The molecular weight excluding hydrogens is 484 g/mol. The summed E-state index contributed by atoms with van der Waals surface area (Å²) in [5.74, 6) is -2.33. The SMILES string of the molecule is CCC(=O)C(=O)N(Cc1ccoc1)C1C=C(C(=O)NCCO)C2c3cc(C=O)cc(OC)c3OC2C1O. The maximum atomic E-state index is 13.3. The fraction of sp³-hybridized carbons (Fsp3) is 0.385. The number of nitrogens with zero attached hydrogens (tertiary/aromatic N) is 1. The number of furan rings is 1. The number of aldehydes is 1. The third kappa shape index (κ3) is 4.87. The largest absolute Gasteiger partial charge is 0.493 e. The Balaban J connectivity index is 1.84. The highest BCUT2D eigenvalue weighted by Gasteiger charge is 2.51. The number of hydrogen-bond acceptors (Lipinski definition) is 9. The number of methoxy groups -OCH3 is 1. The van der Waals surface area contributed by atoms with Gasteiger partial charge in [0, 0.05) is 41.8 Å². The van der Waals surface area contributed by atoms with E-state index < -0.39 is 41.8 Å². The number of aliphatic hydroxyl groups excluding tert-OH is 2. The Morgan fingerprint density at radius 2 is 2.05 bits per heavy atom. The summed E-state index contributed by atoms with van der Waals surface area (Å²) in [6.45, 7) is 1.16. The fourth-order valence-electron chi connectivity index (χ4n) is 4.76. The van der Waals surface area contributed by atoms with Gasteiger partial charge in [-0.2, -0.15) is 0 Å². The van der Waals surface area contributed by atoms with Crippen molar-refractivity contribution in [3.8, 4) is 11.5 Å². The minimum atomic E-state index is -1.35. The topological polar surface area (TPSA) is 156 Å². The van der Waals surface area contributed by atoms with E-state index in [0.717, 1.165) is 0 Å². The predicted molar refractivity (Wildman–Crippen MR) is 128 cm³/mol. The average Bonchev–Trinajstić information content (AvgIpc) is 3.57. The van der Waals surface area contributed by atoms with E-state index in [-0.39, 0.29) is 48.8 Å². The van der Waals surface area contributed by atoms with Crippen molar-refractivity contribution in [2.75, 3.05) is 20.3 Å². The monoisotopic (exact) mass is 512 g/mol. The molecule has 0 saturated heterocycles. The van der Waals surface area contributed by atoms with Crippen LogP contribution in [0.2, 0.25) is 0 Å². The lowest BCUT2D eigenvalue weighted by Crippen LogP contribution is -2.56. The Labute approximate surface area is 212 Å². The van der Waals surface area contributed by atoms with Crippen LogP contribution < -0.4 is 14.8 Å². The van der Waals surface area contributed by atoms with E-state index in [9.17, 15) is 29.4 Å². The van der Waals surface area contributed by atoms with Crippen LogP contribution >= 0.6 is 0 Å². The van der Waals surface area contributed by atoms with Crippen molar-refractivity contribution < 1.29 is 43.3 Å². The number of amides is 2. The van der Waals surface area contributed by atoms with Gasteiger partial charge in [0.05, 0.1) is 38.2 Å². The first-order valence-electron chi connectivity index (χ1n) is 11.8. The quantitative estimate of drug-likeness (QED) is 0.309. The molecule has 3 N–H and O–H groups in total. The van der Waals surface area contributed by atoms with Crippen molar-refractivity contribution in [3.05, 3.63) is 59.1 Å². The molecule has 2 aliphatic rings. The van der Waals surface area contributed by atoms with Crippen molar-refractivity contribution >= 4 is 23.9 Å². The number of rotatable bonds is 10. The van der Waals surface area contributed by atoms with Crippen LogP contribution in [0, 0.1) is 0 Å². The molecule has 11 nitrogen and oxygen atoms in total. The van der Waals surface area contributed by atoms with E-state index in [1.54, 1.807) is 19.1 Å². The molecule has 37 heavy (non-hydrogen) atoms. The second-order valence-corrected chi connectivity index (χ2v) is 8.74. The second-order valence-electron chi connectivity index (χ2n) is 8.74. The van der Waals surface area contributed by atoms with Crippen LogP contribution in [0.15, 0.2) is 46.8 Å². The van der Waals surface area contributed by atoms with Crippen molar-refractivity contribution in [1.82, 2.24) is 10.2 Å². The predicted octanol–water partition coefficient (Wildman–Crippen LogP) is 0.731. The van der Waals surface area contributed by atoms with Crippen LogP contribution in [0.25, 0.3) is 0 Å². The normalized spacial score (nSPS) is 21.7. The molecule has 11 heteroatoms. The van der Waals surface area contributed by atoms with Gasteiger partial charge in [-0.15, -0.1) is 0 Å². The minimum absolute atomic E-state index is 0.0296.